The van der Waals surface area contributed by atoms with Crippen LogP contribution in [0.2, 0.25) is 0 Å². The lowest BCUT2D eigenvalue weighted by Crippen LogP contribution is -2.09. The van der Waals surface area contributed by atoms with E-state index < -0.39 is 0 Å². The van der Waals surface area contributed by atoms with Gasteiger partial charge in [0, 0.05) is 6.61 Å². The molecule has 0 aliphatic heterocycles. The molecule has 0 fully saturated rings. The molecule has 0 heterocycles. The molecule has 0 unspecified atom stereocenters. The van der Waals surface area contributed by atoms with Crippen molar-refractivity contribution in [2.75, 3.05) is 20.0 Å². The molecule has 1 rings (SSSR count). The van der Waals surface area contributed by atoms with Gasteiger partial charge in [-0.05, 0) is 26.0 Å². The van der Waals surface area contributed by atoms with Gasteiger partial charge in [-0.25, -0.2) is 4.79 Å². The van der Waals surface area contributed by atoms with Crippen LogP contribution < -0.4 is 4.74 Å². The van der Waals surface area contributed by atoms with Crippen LogP contribution >= 0.6 is 0 Å². The molecule has 0 aliphatic rings. The highest BCUT2D eigenvalue weighted by molar-refractivity contribution is 5.92. The highest BCUT2D eigenvalue weighted by Gasteiger charge is 2.12. The first-order chi connectivity index (χ1) is 7.79. The van der Waals surface area contributed by atoms with Gasteiger partial charge in [-0.15, -0.1) is 0 Å². The summed E-state index contributed by atoms with van der Waals surface area (Å²) < 4.78 is 15.3. The minimum atomic E-state index is -0.380. The summed E-state index contributed by atoms with van der Waals surface area (Å²) in [6, 6.07) is 6.94. The molecule has 0 aliphatic carbocycles. The van der Waals surface area contributed by atoms with E-state index in [-0.39, 0.29) is 12.8 Å². The first kappa shape index (κ1) is 12.5. The standard InChI is InChI=1S/C12H16O4/c1-3-14-9-16-11-8-6-5-7-10(11)12(13)15-4-2/h5-8H,3-4,9H2,1-2H3. The van der Waals surface area contributed by atoms with E-state index in [1.165, 1.54) is 0 Å². The van der Waals surface area contributed by atoms with Gasteiger partial charge in [0.25, 0.3) is 0 Å². The van der Waals surface area contributed by atoms with Crippen LogP contribution in [0.1, 0.15) is 24.2 Å². The van der Waals surface area contributed by atoms with Gasteiger partial charge in [0.05, 0.1) is 6.61 Å². The Morgan fingerprint density at radius 2 is 1.94 bits per heavy atom. The Balaban J connectivity index is 2.71. The Labute approximate surface area is 95.1 Å². The average molecular weight is 224 g/mol. The van der Waals surface area contributed by atoms with E-state index in [0.29, 0.717) is 24.5 Å². The molecular weight excluding hydrogens is 208 g/mol. The molecule has 88 valence electrons. The van der Waals surface area contributed by atoms with Crippen LogP contribution in [0.3, 0.4) is 0 Å². The molecule has 0 atom stereocenters. The number of hydrogen-bond acceptors (Lipinski definition) is 4. The number of hydrogen-bond donors (Lipinski definition) is 0. The van der Waals surface area contributed by atoms with Crippen molar-refractivity contribution in [3.05, 3.63) is 29.8 Å². The van der Waals surface area contributed by atoms with Crippen LogP contribution in [0.5, 0.6) is 5.75 Å². The molecule has 0 bridgehead atoms. The zero-order chi connectivity index (χ0) is 11.8. The largest absolute Gasteiger partial charge is 0.467 e. The number of rotatable bonds is 6. The second-order valence-electron chi connectivity index (χ2n) is 2.97. The molecule has 0 aromatic heterocycles. The minimum Gasteiger partial charge on any atom is -0.467 e. The zero-order valence-corrected chi connectivity index (χ0v) is 9.56. The van der Waals surface area contributed by atoms with Gasteiger partial charge in [0.1, 0.15) is 11.3 Å². The molecule has 0 amide bonds. The topological polar surface area (TPSA) is 44.8 Å². The number of carbonyl (C=O) groups is 1. The van der Waals surface area contributed by atoms with Crippen molar-refractivity contribution in [2.45, 2.75) is 13.8 Å². The molecular formula is C12H16O4. The van der Waals surface area contributed by atoms with Gasteiger partial charge >= 0.3 is 5.97 Å². The normalized spacial score (nSPS) is 9.88. The average Bonchev–Trinajstić information content (AvgIpc) is 2.30. The van der Waals surface area contributed by atoms with Crippen molar-refractivity contribution >= 4 is 5.97 Å². The van der Waals surface area contributed by atoms with Crippen LogP contribution in [0, 0.1) is 0 Å². The highest BCUT2D eigenvalue weighted by atomic mass is 16.7. The first-order valence-corrected chi connectivity index (χ1v) is 5.26. The van der Waals surface area contributed by atoms with Crippen molar-refractivity contribution in [3.63, 3.8) is 0 Å². The third-order valence-corrected chi connectivity index (χ3v) is 1.88. The van der Waals surface area contributed by atoms with E-state index in [1.54, 1.807) is 31.2 Å². The Hall–Kier alpha value is -1.55. The fraction of sp³-hybridized carbons (Fsp3) is 0.417. The molecule has 0 saturated carbocycles. The highest BCUT2D eigenvalue weighted by Crippen LogP contribution is 2.18. The summed E-state index contributed by atoms with van der Waals surface area (Å²) in [5, 5.41) is 0. The SMILES string of the molecule is CCOCOc1ccccc1C(=O)OCC. The predicted octanol–water partition coefficient (Wildman–Crippen LogP) is 2.24. The Morgan fingerprint density at radius 3 is 2.62 bits per heavy atom. The van der Waals surface area contributed by atoms with Gasteiger partial charge in [0.15, 0.2) is 6.79 Å². The van der Waals surface area contributed by atoms with Crippen LogP contribution in [-0.2, 0) is 9.47 Å². The van der Waals surface area contributed by atoms with E-state index in [1.807, 2.05) is 6.92 Å². The fourth-order valence-corrected chi connectivity index (χ4v) is 1.16. The summed E-state index contributed by atoms with van der Waals surface area (Å²) in [4.78, 5) is 11.6. The third kappa shape index (κ3) is 3.55. The number of esters is 1. The van der Waals surface area contributed by atoms with Crippen LogP contribution in [0.15, 0.2) is 24.3 Å². The Bertz CT molecular complexity index is 336. The molecule has 1 aromatic carbocycles. The van der Waals surface area contributed by atoms with E-state index in [0.717, 1.165) is 0 Å². The molecule has 16 heavy (non-hydrogen) atoms. The summed E-state index contributed by atoms with van der Waals surface area (Å²) in [6.07, 6.45) is 0. The number of benzene rings is 1. The summed E-state index contributed by atoms with van der Waals surface area (Å²) in [5.74, 6) is 0.101. The van der Waals surface area contributed by atoms with Crippen LogP contribution in [0.25, 0.3) is 0 Å². The minimum absolute atomic E-state index is 0.132. The maximum Gasteiger partial charge on any atom is 0.341 e. The predicted molar refractivity (Wildman–Crippen MR) is 59.5 cm³/mol. The number of carbonyl (C=O) groups excluding carboxylic acids is 1. The molecule has 0 N–H and O–H groups in total. The summed E-state index contributed by atoms with van der Waals surface area (Å²) in [7, 11) is 0. The second-order valence-corrected chi connectivity index (χ2v) is 2.97. The van der Waals surface area contributed by atoms with Crippen LogP contribution in [0.4, 0.5) is 0 Å². The smallest absolute Gasteiger partial charge is 0.341 e. The van der Waals surface area contributed by atoms with Gasteiger partial charge in [-0.2, -0.15) is 0 Å². The van der Waals surface area contributed by atoms with Crippen LogP contribution in [-0.4, -0.2) is 26.0 Å². The van der Waals surface area contributed by atoms with Gasteiger partial charge in [-0.3, -0.25) is 0 Å². The lowest BCUT2D eigenvalue weighted by molar-refractivity contribution is 0.0207. The molecule has 0 spiro atoms. The zero-order valence-electron chi connectivity index (χ0n) is 9.56. The monoisotopic (exact) mass is 224 g/mol. The molecule has 0 radical (unpaired) electrons. The molecule has 4 heteroatoms. The van der Waals surface area contributed by atoms with Crippen molar-refractivity contribution in [2.24, 2.45) is 0 Å². The molecule has 0 saturated heterocycles. The van der Waals surface area contributed by atoms with E-state index in [4.69, 9.17) is 14.2 Å². The van der Waals surface area contributed by atoms with Gasteiger partial charge < -0.3 is 14.2 Å². The first-order valence-electron chi connectivity index (χ1n) is 5.26. The summed E-state index contributed by atoms with van der Waals surface area (Å²) in [6.45, 7) is 4.69. The lowest BCUT2D eigenvalue weighted by atomic mass is 10.2. The lowest BCUT2D eigenvalue weighted by Gasteiger charge is -2.10. The van der Waals surface area contributed by atoms with Crippen molar-refractivity contribution in [1.82, 2.24) is 0 Å². The quantitative estimate of drug-likeness (QED) is 0.422. The van der Waals surface area contributed by atoms with Crippen molar-refractivity contribution in [1.29, 1.82) is 0 Å². The maximum absolute atomic E-state index is 11.6. The van der Waals surface area contributed by atoms with Crippen molar-refractivity contribution in [3.8, 4) is 5.75 Å². The van der Waals surface area contributed by atoms with E-state index in [2.05, 4.69) is 0 Å². The Morgan fingerprint density at radius 1 is 1.19 bits per heavy atom. The van der Waals surface area contributed by atoms with Gasteiger partial charge in [-0.1, -0.05) is 12.1 Å². The second kappa shape index (κ2) is 6.85. The fourth-order valence-electron chi connectivity index (χ4n) is 1.16. The summed E-state index contributed by atoms with van der Waals surface area (Å²) >= 11 is 0. The van der Waals surface area contributed by atoms with Crippen molar-refractivity contribution < 1.29 is 19.0 Å². The maximum atomic E-state index is 11.6. The molecule has 4 nitrogen and oxygen atoms in total. The summed E-state index contributed by atoms with van der Waals surface area (Å²) in [5.41, 5.74) is 0.420. The third-order valence-electron chi connectivity index (χ3n) is 1.88. The molecule has 1 aromatic rings. The Kier molecular flexibility index (Phi) is 5.36. The van der Waals surface area contributed by atoms with E-state index in [9.17, 15) is 4.79 Å². The van der Waals surface area contributed by atoms with Gasteiger partial charge in [0.2, 0.25) is 0 Å². The van der Waals surface area contributed by atoms with E-state index >= 15 is 0 Å². The number of para-hydroxylation sites is 1. The number of ether oxygens (including phenoxy) is 3.